The van der Waals surface area contributed by atoms with Gasteiger partial charge >= 0.3 is 6.03 Å². The number of aryl methyl sites for hydroxylation is 1. The van der Waals surface area contributed by atoms with E-state index in [0.717, 1.165) is 16.5 Å². The van der Waals surface area contributed by atoms with Gasteiger partial charge in [0.1, 0.15) is 19.1 Å². The summed E-state index contributed by atoms with van der Waals surface area (Å²) in [6, 6.07) is 11.2. The van der Waals surface area contributed by atoms with Crippen LogP contribution in [0.15, 0.2) is 48.7 Å². The molecule has 0 spiro atoms. The maximum absolute atomic E-state index is 13.7. The van der Waals surface area contributed by atoms with E-state index in [0.29, 0.717) is 11.3 Å². The first-order valence-electron chi connectivity index (χ1n) is 9.47. The average Bonchev–Trinajstić information content (AvgIpc) is 2.74. The van der Waals surface area contributed by atoms with E-state index in [9.17, 15) is 13.6 Å². The number of alkyl halides is 2. The number of pyridine rings is 1. The summed E-state index contributed by atoms with van der Waals surface area (Å²) < 4.78 is 33.0. The molecule has 5 nitrogen and oxygen atoms in total. The van der Waals surface area contributed by atoms with E-state index in [4.69, 9.17) is 16.3 Å². The highest BCUT2D eigenvalue weighted by atomic mass is 35.5. The van der Waals surface area contributed by atoms with Crippen molar-refractivity contribution in [2.24, 2.45) is 0 Å². The van der Waals surface area contributed by atoms with Crippen molar-refractivity contribution >= 4 is 34.1 Å². The number of anilines is 1. The van der Waals surface area contributed by atoms with E-state index in [-0.39, 0.29) is 17.2 Å². The molecule has 2 amide bonds. The molecule has 2 heterocycles. The maximum atomic E-state index is 13.7. The van der Waals surface area contributed by atoms with Gasteiger partial charge in [0.05, 0.1) is 16.8 Å². The Kier molecular flexibility index (Phi) is 5.47. The molecule has 0 bridgehead atoms. The van der Waals surface area contributed by atoms with Gasteiger partial charge in [-0.25, -0.2) is 13.6 Å². The zero-order chi connectivity index (χ0) is 21.3. The van der Waals surface area contributed by atoms with Crippen LogP contribution in [-0.2, 0) is 0 Å². The fraction of sp³-hybridized carbons (Fsp3) is 0.273. The number of nitrogens with one attached hydrogen (secondary N) is 2. The summed E-state index contributed by atoms with van der Waals surface area (Å²) in [4.78, 5) is 17.1. The summed E-state index contributed by atoms with van der Waals surface area (Å²) in [5.74, 6) is 0.192. The number of nitrogens with zero attached hydrogens (tertiary/aromatic N) is 1. The number of rotatable bonds is 4. The van der Waals surface area contributed by atoms with E-state index < -0.39 is 31.0 Å². The Bertz CT molecular complexity index is 1100. The number of benzene rings is 2. The van der Waals surface area contributed by atoms with E-state index in [1.807, 2.05) is 25.1 Å². The molecule has 1 aliphatic heterocycles. The molecule has 0 radical (unpaired) electrons. The van der Waals surface area contributed by atoms with Gasteiger partial charge in [0.15, 0.2) is 5.60 Å². The predicted octanol–water partition coefficient (Wildman–Crippen LogP) is 5.52. The standard InChI is InChI=1S/C22H20ClF2N3O2/c1-13-8-16-14(10-26-13)4-2-7-18(16)27-21(29)28-19-9-22(11-24,12-25)30-20-15(19)5-3-6-17(20)23/h2-8,10,19H,9,11-12H2,1H3,(H2,27,28,29)/t19-/m1/s1. The number of hydrogen-bond donors (Lipinski definition) is 2. The first kappa shape index (κ1) is 20.3. The van der Waals surface area contributed by atoms with Crippen molar-refractivity contribution in [2.45, 2.75) is 25.0 Å². The topological polar surface area (TPSA) is 63.2 Å². The molecule has 0 unspecified atom stereocenters. The quantitative estimate of drug-likeness (QED) is 0.571. The second-order valence-corrected chi connectivity index (χ2v) is 7.83. The van der Waals surface area contributed by atoms with Crippen molar-refractivity contribution in [1.82, 2.24) is 10.3 Å². The fourth-order valence-electron chi connectivity index (χ4n) is 3.68. The van der Waals surface area contributed by atoms with Crippen LogP contribution in [0.25, 0.3) is 10.8 Å². The van der Waals surface area contributed by atoms with Crippen LogP contribution in [0, 0.1) is 6.92 Å². The Morgan fingerprint density at radius 1 is 1.27 bits per heavy atom. The number of para-hydroxylation sites is 1. The third-order valence-electron chi connectivity index (χ3n) is 5.21. The zero-order valence-corrected chi connectivity index (χ0v) is 17.0. The molecule has 0 saturated carbocycles. The minimum atomic E-state index is -1.68. The third kappa shape index (κ3) is 3.77. The van der Waals surface area contributed by atoms with Crippen LogP contribution in [0.3, 0.4) is 0 Å². The number of halogens is 3. The van der Waals surface area contributed by atoms with Crippen molar-refractivity contribution in [2.75, 3.05) is 18.7 Å². The van der Waals surface area contributed by atoms with Gasteiger partial charge in [-0.05, 0) is 25.1 Å². The molecule has 1 aromatic heterocycles. The van der Waals surface area contributed by atoms with Gasteiger partial charge in [-0.15, -0.1) is 0 Å². The Morgan fingerprint density at radius 3 is 2.80 bits per heavy atom. The fourth-order valence-corrected chi connectivity index (χ4v) is 3.90. The van der Waals surface area contributed by atoms with Crippen LogP contribution in [-0.4, -0.2) is 30.0 Å². The van der Waals surface area contributed by atoms with Crippen LogP contribution < -0.4 is 15.4 Å². The van der Waals surface area contributed by atoms with Crippen molar-refractivity contribution < 1.29 is 18.3 Å². The van der Waals surface area contributed by atoms with Gasteiger partial charge in [0.2, 0.25) is 0 Å². The second kappa shape index (κ2) is 8.07. The van der Waals surface area contributed by atoms with Crippen LogP contribution in [0.2, 0.25) is 5.02 Å². The first-order valence-corrected chi connectivity index (χ1v) is 9.85. The highest BCUT2D eigenvalue weighted by Gasteiger charge is 2.43. The molecule has 156 valence electrons. The van der Waals surface area contributed by atoms with Gasteiger partial charge < -0.3 is 15.4 Å². The molecule has 1 aliphatic rings. The molecule has 30 heavy (non-hydrogen) atoms. The largest absolute Gasteiger partial charge is 0.480 e. The SMILES string of the molecule is Cc1cc2c(NC(=O)N[C@@H]3CC(CF)(CF)Oc4c(Cl)cccc43)cccc2cn1. The summed E-state index contributed by atoms with van der Waals surface area (Å²) in [5, 5.41) is 7.61. The first-order chi connectivity index (χ1) is 14.4. The van der Waals surface area contributed by atoms with Gasteiger partial charge in [-0.2, -0.15) is 0 Å². The molecule has 2 aromatic carbocycles. The van der Waals surface area contributed by atoms with Gasteiger partial charge in [0.25, 0.3) is 0 Å². The van der Waals surface area contributed by atoms with Crippen molar-refractivity contribution in [3.8, 4) is 5.75 Å². The summed E-state index contributed by atoms with van der Waals surface area (Å²) in [6.45, 7) is -0.209. The maximum Gasteiger partial charge on any atom is 0.319 e. The molecule has 2 N–H and O–H groups in total. The smallest absolute Gasteiger partial charge is 0.319 e. The minimum Gasteiger partial charge on any atom is -0.480 e. The summed E-state index contributed by atoms with van der Waals surface area (Å²) in [7, 11) is 0. The number of ether oxygens (including phenoxy) is 1. The van der Waals surface area contributed by atoms with Crippen molar-refractivity contribution in [3.63, 3.8) is 0 Å². The number of carbonyl (C=O) groups is 1. The lowest BCUT2D eigenvalue weighted by Gasteiger charge is -2.39. The number of carbonyl (C=O) groups excluding carboxylic acids is 1. The van der Waals surface area contributed by atoms with Gasteiger partial charge in [0, 0.05) is 34.6 Å². The molecule has 4 rings (SSSR count). The molecule has 8 heteroatoms. The van der Waals surface area contributed by atoms with E-state index in [2.05, 4.69) is 15.6 Å². The number of hydrogen-bond acceptors (Lipinski definition) is 3. The summed E-state index contributed by atoms with van der Waals surface area (Å²) in [5.41, 5.74) is 0.322. The minimum absolute atomic E-state index is 0.0562. The van der Waals surface area contributed by atoms with E-state index in [1.54, 1.807) is 30.5 Å². The molecular weight excluding hydrogens is 412 g/mol. The molecule has 0 aliphatic carbocycles. The number of amides is 2. The highest BCUT2D eigenvalue weighted by Crippen LogP contribution is 2.44. The van der Waals surface area contributed by atoms with E-state index >= 15 is 0 Å². The van der Waals surface area contributed by atoms with Gasteiger partial charge in [-0.1, -0.05) is 35.9 Å². The lowest BCUT2D eigenvalue weighted by molar-refractivity contribution is -0.0104. The normalized spacial score (nSPS) is 17.1. The van der Waals surface area contributed by atoms with Crippen molar-refractivity contribution in [3.05, 3.63) is 64.9 Å². The number of aromatic nitrogens is 1. The molecule has 1 atom stereocenters. The van der Waals surface area contributed by atoms with Crippen LogP contribution in [0.1, 0.15) is 23.7 Å². The lowest BCUT2D eigenvalue weighted by Crippen LogP contribution is -2.49. The van der Waals surface area contributed by atoms with Gasteiger partial charge in [-0.3, -0.25) is 4.98 Å². The molecule has 3 aromatic rings. The Balaban J connectivity index is 1.62. The summed E-state index contributed by atoms with van der Waals surface area (Å²) >= 11 is 6.19. The average molecular weight is 432 g/mol. The van der Waals surface area contributed by atoms with Crippen LogP contribution >= 0.6 is 11.6 Å². The highest BCUT2D eigenvalue weighted by molar-refractivity contribution is 6.32. The van der Waals surface area contributed by atoms with Crippen LogP contribution in [0.5, 0.6) is 5.75 Å². The van der Waals surface area contributed by atoms with Crippen LogP contribution in [0.4, 0.5) is 19.3 Å². The lowest BCUT2D eigenvalue weighted by atomic mass is 9.88. The molecule has 0 fully saturated rings. The van der Waals surface area contributed by atoms with Crippen molar-refractivity contribution in [1.29, 1.82) is 0 Å². The van der Waals surface area contributed by atoms with E-state index in [1.165, 1.54) is 0 Å². The number of urea groups is 1. The molecular formula is C22H20ClF2N3O2. The predicted molar refractivity (Wildman–Crippen MR) is 113 cm³/mol. The monoisotopic (exact) mass is 431 g/mol. The summed E-state index contributed by atoms with van der Waals surface area (Å²) in [6.07, 6.45) is 1.68. The Hall–Kier alpha value is -2.93. The third-order valence-corrected chi connectivity index (χ3v) is 5.51. The Morgan fingerprint density at radius 2 is 2.03 bits per heavy atom. The number of fused-ring (bicyclic) bond motifs is 2. The zero-order valence-electron chi connectivity index (χ0n) is 16.2. The Labute approximate surface area is 177 Å². The molecule has 0 saturated heterocycles. The second-order valence-electron chi connectivity index (χ2n) is 7.42.